The maximum atomic E-state index is 12.3. The Bertz CT molecular complexity index is 628. The highest BCUT2D eigenvalue weighted by atomic mass is 35.5. The van der Waals surface area contributed by atoms with E-state index in [1.807, 2.05) is 27.0 Å². The maximum Gasteiger partial charge on any atom is 0.255 e. The van der Waals surface area contributed by atoms with E-state index in [1.54, 1.807) is 22.8 Å². The molecule has 2 aromatic heterocycles. The van der Waals surface area contributed by atoms with Gasteiger partial charge in [-0.2, -0.15) is 5.10 Å². The maximum absolute atomic E-state index is 12.3. The quantitative estimate of drug-likeness (QED) is 0.924. The highest BCUT2D eigenvalue weighted by molar-refractivity contribution is 5.97. The van der Waals surface area contributed by atoms with Crippen LogP contribution in [0.3, 0.4) is 0 Å². The van der Waals surface area contributed by atoms with E-state index in [0.717, 1.165) is 16.7 Å². The number of pyridine rings is 1. The Balaban J connectivity index is 0.00000200. The number of nitrogens with two attached hydrogens (primary N) is 1. The van der Waals surface area contributed by atoms with Crippen LogP contribution in [0, 0.1) is 6.92 Å². The molecule has 0 aromatic carbocycles. The average molecular weight is 334 g/mol. The summed E-state index contributed by atoms with van der Waals surface area (Å²) in [4.78, 5) is 18.3. The van der Waals surface area contributed by atoms with Crippen molar-refractivity contribution in [1.29, 1.82) is 0 Å². The lowest BCUT2D eigenvalue weighted by atomic mass is 10.1. The second-order valence-electron chi connectivity index (χ2n) is 4.80. The number of aryl methyl sites for hydroxylation is 2. The van der Waals surface area contributed by atoms with E-state index in [1.165, 1.54) is 0 Å². The van der Waals surface area contributed by atoms with E-state index in [9.17, 15) is 4.79 Å². The average Bonchev–Trinajstić information content (AvgIpc) is 2.71. The van der Waals surface area contributed by atoms with Crippen molar-refractivity contribution in [2.75, 3.05) is 13.6 Å². The van der Waals surface area contributed by atoms with Crippen molar-refractivity contribution in [3.63, 3.8) is 0 Å². The fourth-order valence-corrected chi connectivity index (χ4v) is 1.99. The molecule has 1 atom stereocenters. The van der Waals surface area contributed by atoms with Crippen LogP contribution in [-0.2, 0) is 7.05 Å². The minimum atomic E-state index is -0.0735. The van der Waals surface area contributed by atoms with Gasteiger partial charge >= 0.3 is 0 Å². The predicted octanol–water partition coefficient (Wildman–Crippen LogP) is 1.54. The molecule has 6 nitrogen and oxygen atoms in total. The van der Waals surface area contributed by atoms with Crippen LogP contribution in [0.25, 0.3) is 11.0 Å². The van der Waals surface area contributed by atoms with Gasteiger partial charge in [-0.25, -0.2) is 4.98 Å². The van der Waals surface area contributed by atoms with E-state index in [2.05, 4.69) is 10.1 Å². The summed E-state index contributed by atoms with van der Waals surface area (Å²) in [6.45, 7) is 4.26. The van der Waals surface area contributed by atoms with Crippen molar-refractivity contribution in [2.24, 2.45) is 12.8 Å². The Hall–Kier alpha value is -1.37. The first kappa shape index (κ1) is 19.6. The number of carbonyl (C=O) groups is 1. The van der Waals surface area contributed by atoms with Crippen LogP contribution in [0.5, 0.6) is 0 Å². The lowest BCUT2D eigenvalue weighted by Crippen LogP contribution is -2.39. The molecule has 1 amide bonds. The van der Waals surface area contributed by atoms with Crippen molar-refractivity contribution < 1.29 is 4.79 Å². The van der Waals surface area contributed by atoms with Gasteiger partial charge in [0.1, 0.15) is 0 Å². The SMILES string of the molecule is Cc1nn(C)c2ncc(C(=O)N(C)C(C)CN)cc12.Cl.Cl. The highest BCUT2D eigenvalue weighted by Gasteiger charge is 2.18. The van der Waals surface area contributed by atoms with Gasteiger partial charge in [0.2, 0.25) is 0 Å². The van der Waals surface area contributed by atoms with Gasteiger partial charge in [-0.3, -0.25) is 9.48 Å². The minimum absolute atomic E-state index is 0. The minimum Gasteiger partial charge on any atom is -0.338 e. The number of rotatable bonds is 3. The Kier molecular flexibility index (Phi) is 7.09. The predicted molar refractivity (Wildman–Crippen MR) is 88.4 cm³/mol. The zero-order valence-corrected chi connectivity index (χ0v) is 14.2. The van der Waals surface area contributed by atoms with E-state index >= 15 is 0 Å². The molecule has 0 aliphatic carbocycles. The third-order valence-corrected chi connectivity index (χ3v) is 3.43. The summed E-state index contributed by atoms with van der Waals surface area (Å²) in [6, 6.07) is 1.84. The van der Waals surface area contributed by atoms with Gasteiger partial charge < -0.3 is 10.6 Å². The number of fused-ring (bicyclic) bond motifs is 1. The molecule has 118 valence electrons. The fraction of sp³-hybridized carbons (Fsp3) is 0.462. The van der Waals surface area contributed by atoms with Gasteiger partial charge in [0.15, 0.2) is 5.65 Å². The van der Waals surface area contributed by atoms with Crippen molar-refractivity contribution in [3.05, 3.63) is 23.5 Å². The summed E-state index contributed by atoms with van der Waals surface area (Å²) in [5, 5.41) is 5.20. The molecule has 0 aliphatic heterocycles. The van der Waals surface area contributed by atoms with Gasteiger partial charge in [-0.15, -0.1) is 24.8 Å². The van der Waals surface area contributed by atoms with Gasteiger partial charge in [0, 0.05) is 38.3 Å². The normalized spacial score (nSPS) is 11.5. The molecule has 8 heteroatoms. The molecule has 0 aliphatic rings. The van der Waals surface area contributed by atoms with Crippen LogP contribution in [0.4, 0.5) is 0 Å². The number of likely N-dealkylation sites (N-methyl/N-ethyl adjacent to an activating group) is 1. The van der Waals surface area contributed by atoms with Crippen molar-refractivity contribution in [2.45, 2.75) is 19.9 Å². The van der Waals surface area contributed by atoms with Crippen LogP contribution in [-0.4, -0.2) is 45.2 Å². The first-order valence-corrected chi connectivity index (χ1v) is 6.22. The van der Waals surface area contributed by atoms with E-state index in [0.29, 0.717) is 12.1 Å². The second kappa shape index (κ2) is 7.59. The molecule has 0 radical (unpaired) electrons. The topological polar surface area (TPSA) is 77.0 Å². The molecule has 21 heavy (non-hydrogen) atoms. The first-order chi connectivity index (χ1) is 8.95. The standard InChI is InChI=1S/C13H19N5O.2ClH/c1-8(6-14)17(3)13(19)10-5-11-9(2)16-18(4)12(11)15-7-10;;/h5,7-8H,6,14H2,1-4H3;2*1H. The summed E-state index contributed by atoms with van der Waals surface area (Å²) >= 11 is 0. The number of carbonyl (C=O) groups excluding carboxylic acids is 1. The summed E-state index contributed by atoms with van der Waals surface area (Å²) in [5.74, 6) is -0.0735. The third-order valence-electron chi connectivity index (χ3n) is 3.43. The molecule has 0 spiro atoms. The Morgan fingerprint density at radius 3 is 2.67 bits per heavy atom. The van der Waals surface area contributed by atoms with E-state index in [-0.39, 0.29) is 36.8 Å². The molecule has 0 saturated heterocycles. The smallest absolute Gasteiger partial charge is 0.255 e. The van der Waals surface area contributed by atoms with E-state index in [4.69, 9.17) is 5.73 Å². The molecule has 2 rings (SSSR count). The zero-order chi connectivity index (χ0) is 14.2. The third kappa shape index (κ3) is 3.64. The molecular formula is C13H21Cl2N5O. The molecule has 0 fully saturated rings. The Morgan fingerprint density at radius 1 is 1.48 bits per heavy atom. The van der Waals surface area contributed by atoms with Gasteiger partial charge in [-0.1, -0.05) is 0 Å². The summed E-state index contributed by atoms with van der Waals surface area (Å²) in [6.07, 6.45) is 1.59. The van der Waals surface area contributed by atoms with Gasteiger partial charge in [0.25, 0.3) is 5.91 Å². The van der Waals surface area contributed by atoms with Crippen molar-refractivity contribution in [1.82, 2.24) is 19.7 Å². The largest absolute Gasteiger partial charge is 0.338 e. The van der Waals surface area contributed by atoms with Gasteiger partial charge in [-0.05, 0) is 19.9 Å². The zero-order valence-electron chi connectivity index (χ0n) is 12.5. The van der Waals surface area contributed by atoms with Crippen molar-refractivity contribution >= 4 is 41.8 Å². The summed E-state index contributed by atoms with van der Waals surface area (Å²) < 4.78 is 1.71. The molecule has 2 N–H and O–H groups in total. The first-order valence-electron chi connectivity index (χ1n) is 6.22. The monoisotopic (exact) mass is 333 g/mol. The molecule has 1 unspecified atom stereocenters. The van der Waals surface area contributed by atoms with Crippen LogP contribution in [0.2, 0.25) is 0 Å². The van der Waals surface area contributed by atoms with Crippen LogP contribution in [0.1, 0.15) is 23.0 Å². The second-order valence-corrected chi connectivity index (χ2v) is 4.80. The number of nitrogens with zero attached hydrogens (tertiary/aromatic N) is 4. The Morgan fingerprint density at radius 2 is 2.10 bits per heavy atom. The molecular weight excluding hydrogens is 313 g/mol. The Labute approximate surface area is 136 Å². The van der Waals surface area contributed by atoms with Crippen molar-refractivity contribution in [3.8, 4) is 0 Å². The number of hydrogen-bond acceptors (Lipinski definition) is 4. The fourth-order valence-electron chi connectivity index (χ4n) is 1.99. The molecule has 2 heterocycles. The molecule has 0 bridgehead atoms. The number of halogens is 2. The lowest BCUT2D eigenvalue weighted by Gasteiger charge is -2.23. The molecule has 2 aromatic rings. The number of hydrogen-bond donors (Lipinski definition) is 1. The number of amides is 1. The highest BCUT2D eigenvalue weighted by Crippen LogP contribution is 2.17. The molecule has 0 saturated carbocycles. The lowest BCUT2D eigenvalue weighted by molar-refractivity contribution is 0.0748. The summed E-state index contributed by atoms with van der Waals surface area (Å²) in [7, 11) is 3.59. The van der Waals surface area contributed by atoms with Gasteiger partial charge in [0.05, 0.1) is 11.3 Å². The van der Waals surface area contributed by atoms with E-state index < -0.39 is 0 Å². The van der Waals surface area contributed by atoms with Crippen LogP contribution < -0.4 is 5.73 Å². The van der Waals surface area contributed by atoms with Crippen LogP contribution >= 0.6 is 24.8 Å². The van der Waals surface area contributed by atoms with Crippen LogP contribution in [0.15, 0.2) is 12.3 Å². The summed E-state index contributed by atoms with van der Waals surface area (Å²) in [5.41, 5.74) is 7.80. The number of aromatic nitrogens is 3.